The molecule has 0 radical (unpaired) electrons. The van der Waals surface area contributed by atoms with Crippen LogP contribution in [0.5, 0.6) is 0 Å². The monoisotopic (exact) mass is 301 g/mol. The lowest BCUT2D eigenvalue weighted by Gasteiger charge is -2.32. The molecule has 0 atom stereocenters. The Morgan fingerprint density at radius 1 is 0.955 bits per heavy atom. The van der Waals surface area contributed by atoms with E-state index in [1.807, 2.05) is 18.2 Å². The summed E-state index contributed by atoms with van der Waals surface area (Å²) in [6, 6.07) is 13.6. The smallest absolute Gasteiger partial charge is 0.253 e. The largest absolute Gasteiger partial charge is 0.339 e. The van der Waals surface area contributed by atoms with Crippen molar-refractivity contribution < 1.29 is 13.6 Å². The number of amides is 1. The topological polar surface area (TPSA) is 20.3 Å². The standard InChI is InChI=1S/C18H17F2NO/c19-16-7-6-15(12-17(16)20)18(22)21-10-8-14(9-11-21)13-4-2-1-3-5-13/h1-7,12,14H,8-11H2. The van der Waals surface area contributed by atoms with Gasteiger partial charge in [-0.3, -0.25) is 4.79 Å². The Kier molecular flexibility index (Phi) is 4.18. The van der Waals surface area contributed by atoms with Crippen LogP contribution in [0.3, 0.4) is 0 Å². The van der Waals surface area contributed by atoms with E-state index in [-0.39, 0.29) is 11.5 Å². The van der Waals surface area contributed by atoms with Crippen LogP contribution >= 0.6 is 0 Å². The molecule has 2 aromatic carbocycles. The maximum Gasteiger partial charge on any atom is 0.253 e. The van der Waals surface area contributed by atoms with Gasteiger partial charge < -0.3 is 4.90 Å². The van der Waals surface area contributed by atoms with Gasteiger partial charge in [0.05, 0.1) is 0 Å². The van der Waals surface area contributed by atoms with E-state index in [9.17, 15) is 13.6 Å². The molecule has 0 aliphatic carbocycles. The Labute approximate surface area is 128 Å². The van der Waals surface area contributed by atoms with Crippen molar-refractivity contribution >= 4 is 5.91 Å². The minimum absolute atomic E-state index is 0.206. The first-order valence-electron chi connectivity index (χ1n) is 7.44. The van der Waals surface area contributed by atoms with Gasteiger partial charge in [-0.1, -0.05) is 30.3 Å². The van der Waals surface area contributed by atoms with Gasteiger partial charge in [-0.2, -0.15) is 0 Å². The molecule has 114 valence electrons. The van der Waals surface area contributed by atoms with E-state index in [1.54, 1.807) is 4.90 Å². The van der Waals surface area contributed by atoms with Gasteiger partial charge in [0.15, 0.2) is 11.6 Å². The number of benzene rings is 2. The van der Waals surface area contributed by atoms with Crippen molar-refractivity contribution in [2.45, 2.75) is 18.8 Å². The van der Waals surface area contributed by atoms with Gasteiger partial charge in [-0.05, 0) is 42.5 Å². The molecule has 2 nitrogen and oxygen atoms in total. The number of carbonyl (C=O) groups excluding carboxylic acids is 1. The van der Waals surface area contributed by atoms with Crippen LogP contribution in [0.15, 0.2) is 48.5 Å². The highest BCUT2D eigenvalue weighted by Crippen LogP contribution is 2.28. The van der Waals surface area contributed by atoms with E-state index in [0.29, 0.717) is 19.0 Å². The summed E-state index contributed by atoms with van der Waals surface area (Å²) in [7, 11) is 0. The zero-order valence-electron chi connectivity index (χ0n) is 12.1. The fourth-order valence-corrected chi connectivity index (χ4v) is 2.95. The molecule has 1 heterocycles. The van der Waals surface area contributed by atoms with E-state index in [1.165, 1.54) is 11.6 Å². The molecule has 0 aromatic heterocycles. The van der Waals surface area contributed by atoms with E-state index in [0.717, 1.165) is 25.0 Å². The zero-order valence-corrected chi connectivity index (χ0v) is 12.1. The molecule has 0 N–H and O–H groups in total. The molecule has 3 rings (SSSR count). The summed E-state index contributed by atoms with van der Waals surface area (Å²) in [4.78, 5) is 14.1. The summed E-state index contributed by atoms with van der Waals surface area (Å²) in [6.07, 6.45) is 1.78. The van der Waals surface area contributed by atoms with Gasteiger partial charge in [0.2, 0.25) is 0 Å². The Morgan fingerprint density at radius 3 is 2.27 bits per heavy atom. The Balaban J connectivity index is 1.66. The summed E-state index contributed by atoms with van der Waals surface area (Å²) < 4.78 is 26.2. The third-order valence-electron chi connectivity index (χ3n) is 4.22. The summed E-state index contributed by atoms with van der Waals surface area (Å²) in [5.74, 6) is -1.69. The molecule has 0 saturated carbocycles. The van der Waals surface area contributed by atoms with Crippen molar-refractivity contribution in [1.29, 1.82) is 0 Å². The fourth-order valence-electron chi connectivity index (χ4n) is 2.95. The van der Waals surface area contributed by atoms with Crippen LogP contribution in [-0.2, 0) is 0 Å². The number of nitrogens with zero attached hydrogens (tertiary/aromatic N) is 1. The second-order valence-corrected chi connectivity index (χ2v) is 5.61. The third kappa shape index (κ3) is 3.01. The van der Waals surface area contributed by atoms with Gasteiger partial charge in [0.25, 0.3) is 5.91 Å². The molecule has 1 aliphatic rings. The Hall–Kier alpha value is -2.23. The van der Waals surface area contributed by atoms with Gasteiger partial charge in [-0.25, -0.2) is 8.78 Å². The number of carbonyl (C=O) groups is 1. The summed E-state index contributed by atoms with van der Waals surface area (Å²) >= 11 is 0. The second kappa shape index (κ2) is 6.26. The fraction of sp³-hybridized carbons (Fsp3) is 0.278. The lowest BCUT2D eigenvalue weighted by Crippen LogP contribution is -2.38. The highest BCUT2D eigenvalue weighted by Gasteiger charge is 2.24. The predicted octanol–water partition coefficient (Wildman–Crippen LogP) is 3.98. The molecule has 1 fully saturated rings. The van der Waals surface area contributed by atoms with Crippen LogP contribution < -0.4 is 0 Å². The van der Waals surface area contributed by atoms with Crippen LogP contribution in [0.2, 0.25) is 0 Å². The highest BCUT2D eigenvalue weighted by atomic mass is 19.2. The maximum absolute atomic E-state index is 13.2. The van der Waals surface area contributed by atoms with Crippen molar-refractivity contribution in [1.82, 2.24) is 4.90 Å². The van der Waals surface area contributed by atoms with Crippen molar-refractivity contribution in [2.75, 3.05) is 13.1 Å². The summed E-state index contributed by atoms with van der Waals surface area (Å²) in [6.45, 7) is 1.27. The zero-order chi connectivity index (χ0) is 15.5. The first kappa shape index (κ1) is 14.7. The predicted molar refractivity (Wildman–Crippen MR) is 80.7 cm³/mol. The normalized spacial score (nSPS) is 15.8. The lowest BCUT2D eigenvalue weighted by molar-refractivity contribution is 0.0712. The quantitative estimate of drug-likeness (QED) is 0.821. The van der Waals surface area contributed by atoms with E-state index < -0.39 is 11.6 Å². The van der Waals surface area contributed by atoms with Crippen LogP contribution in [-0.4, -0.2) is 23.9 Å². The number of halogens is 2. The molecular weight excluding hydrogens is 284 g/mol. The third-order valence-corrected chi connectivity index (χ3v) is 4.22. The van der Waals surface area contributed by atoms with E-state index in [4.69, 9.17) is 0 Å². The first-order chi connectivity index (χ1) is 10.6. The minimum Gasteiger partial charge on any atom is -0.339 e. The molecule has 1 saturated heterocycles. The Bertz CT molecular complexity index is 664. The van der Waals surface area contributed by atoms with Crippen molar-refractivity contribution in [2.24, 2.45) is 0 Å². The summed E-state index contributed by atoms with van der Waals surface area (Å²) in [5, 5.41) is 0. The number of likely N-dealkylation sites (tertiary alicyclic amines) is 1. The van der Waals surface area contributed by atoms with Crippen LogP contribution in [0.1, 0.15) is 34.7 Å². The number of hydrogen-bond donors (Lipinski definition) is 0. The second-order valence-electron chi connectivity index (χ2n) is 5.61. The number of piperidine rings is 1. The first-order valence-corrected chi connectivity index (χ1v) is 7.44. The van der Waals surface area contributed by atoms with Crippen LogP contribution in [0.4, 0.5) is 8.78 Å². The summed E-state index contributed by atoms with van der Waals surface area (Å²) in [5.41, 5.74) is 1.50. The minimum atomic E-state index is -0.981. The van der Waals surface area contributed by atoms with Crippen LogP contribution in [0.25, 0.3) is 0 Å². The van der Waals surface area contributed by atoms with Crippen molar-refractivity contribution in [3.8, 4) is 0 Å². The molecule has 22 heavy (non-hydrogen) atoms. The molecule has 2 aromatic rings. The number of hydrogen-bond acceptors (Lipinski definition) is 1. The Morgan fingerprint density at radius 2 is 1.64 bits per heavy atom. The van der Waals surface area contributed by atoms with Gasteiger partial charge in [0.1, 0.15) is 0 Å². The van der Waals surface area contributed by atoms with E-state index >= 15 is 0 Å². The van der Waals surface area contributed by atoms with Crippen molar-refractivity contribution in [3.63, 3.8) is 0 Å². The molecule has 4 heteroatoms. The maximum atomic E-state index is 13.2. The average molecular weight is 301 g/mol. The highest BCUT2D eigenvalue weighted by molar-refractivity contribution is 5.94. The molecular formula is C18H17F2NO. The van der Waals surface area contributed by atoms with E-state index in [2.05, 4.69) is 12.1 Å². The van der Waals surface area contributed by atoms with Gasteiger partial charge in [0, 0.05) is 18.7 Å². The molecule has 0 spiro atoms. The lowest BCUT2D eigenvalue weighted by atomic mass is 9.89. The molecule has 0 unspecified atom stereocenters. The van der Waals surface area contributed by atoms with Gasteiger partial charge in [-0.15, -0.1) is 0 Å². The molecule has 0 bridgehead atoms. The van der Waals surface area contributed by atoms with Gasteiger partial charge >= 0.3 is 0 Å². The van der Waals surface area contributed by atoms with Crippen LogP contribution in [0, 0.1) is 11.6 Å². The average Bonchev–Trinajstić information content (AvgIpc) is 2.58. The van der Waals surface area contributed by atoms with Crippen molar-refractivity contribution in [3.05, 3.63) is 71.3 Å². The molecule has 1 aliphatic heterocycles. The SMILES string of the molecule is O=C(c1ccc(F)c(F)c1)N1CCC(c2ccccc2)CC1. The number of rotatable bonds is 2. The molecule has 1 amide bonds.